The SMILES string of the molecule is CC1(C)CC(N2C[C@@H]3CCOC[C@]3(CO)C2)CC(C)(C)N1. The largest absolute Gasteiger partial charge is 0.396 e. The molecule has 3 aliphatic rings. The van der Waals surface area contributed by atoms with Gasteiger partial charge in [-0.25, -0.2) is 0 Å². The Morgan fingerprint density at radius 2 is 1.86 bits per heavy atom. The van der Waals surface area contributed by atoms with Crippen molar-refractivity contribution < 1.29 is 9.84 Å². The molecule has 0 aromatic carbocycles. The molecule has 0 saturated carbocycles. The Kier molecular flexibility index (Phi) is 3.89. The minimum absolute atomic E-state index is 0.00257. The summed E-state index contributed by atoms with van der Waals surface area (Å²) in [6.45, 7) is 13.3. The van der Waals surface area contributed by atoms with Crippen LogP contribution in [0.1, 0.15) is 47.0 Å². The normalized spacial score (nSPS) is 40.1. The van der Waals surface area contributed by atoms with Crippen LogP contribution in [-0.4, -0.2) is 60.0 Å². The fourth-order valence-corrected chi connectivity index (χ4v) is 5.17. The van der Waals surface area contributed by atoms with Crippen LogP contribution in [0.5, 0.6) is 0 Å². The third-order valence-corrected chi connectivity index (χ3v) is 5.84. The first-order valence-electron chi connectivity index (χ1n) is 8.47. The maximum Gasteiger partial charge on any atom is 0.0559 e. The topological polar surface area (TPSA) is 44.7 Å². The second-order valence-electron chi connectivity index (χ2n) is 8.94. The Hall–Kier alpha value is -0.160. The van der Waals surface area contributed by atoms with E-state index in [1.165, 1.54) is 12.8 Å². The lowest BCUT2D eigenvalue weighted by Crippen LogP contribution is -2.62. The lowest BCUT2D eigenvalue weighted by atomic mass is 9.76. The maximum absolute atomic E-state index is 9.95. The van der Waals surface area contributed by atoms with E-state index in [2.05, 4.69) is 37.9 Å². The molecule has 2 N–H and O–H groups in total. The lowest BCUT2D eigenvalue weighted by Gasteiger charge is -2.49. The average Bonchev–Trinajstić information content (AvgIpc) is 2.75. The zero-order chi connectivity index (χ0) is 15.3. The number of likely N-dealkylation sites (tertiary alicyclic amines) is 1. The zero-order valence-corrected chi connectivity index (χ0v) is 14.1. The molecule has 3 fully saturated rings. The van der Waals surface area contributed by atoms with Crippen LogP contribution in [0, 0.1) is 11.3 Å². The predicted molar refractivity (Wildman–Crippen MR) is 84.3 cm³/mol. The van der Waals surface area contributed by atoms with Crippen LogP contribution in [0.2, 0.25) is 0 Å². The summed E-state index contributed by atoms with van der Waals surface area (Å²) in [5.41, 5.74) is 0.365. The highest BCUT2D eigenvalue weighted by molar-refractivity contribution is 5.05. The molecule has 4 nitrogen and oxygen atoms in total. The number of ether oxygens (including phenoxy) is 1. The number of nitrogens with one attached hydrogen (secondary N) is 1. The molecule has 0 aromatic heterocycles. The van der Waals surface area contributed by atoms with Crippen LogP contribution in [0.3, 0.4) is 0 Å². The van der Waals surface area contributed by atoms with Gasteiger partial charge in [0.2, 0.25) is 0 Å². The minimum atomic E-state index is -0.00257. The summed E-state index contributed by atoms with van der Waals surface area (Å²) < 4.78 is 5.70. The van der Waals surface area contributed by atoms with E-state index in [1.807, 2.05) is 0 Å². The molecule has 21 heavy (non-hydrogen) atoms. The van der Waals surface area contributed by atoms with Gasteiger partial charge in [-0.1, -0.05) is 0 Å². The van der Waals surface area contributed by atoms with Gasteiger partial charge in [0.15, 0.2) is 0 Å². The standard InChI is InChI=1S/C17H32N2O2/c1-15(2)7-14(8-16(3,4)18-15)19-9-13-5-6-21-12-17(13,10-19)11-20/h13-14,18,20H,5-12H2,1-4H3/t13-,17+/m0/s1. The molecule has 4 heteroatoms. The highest BCUT2D eigenvalue weighted by atomic mass is 16.5. The second-order valence-corrected chi connectivity index (χ2v) is 8.94. The van der Waals surface area contributed by atoms with E-state index < -0.39 is 0 Å². The molecule has 0 radical (unpaired) electrons. The summed E-state index contributed by atoms with van der Waals surface area (Å²) in [5, 5.41) is 13.7. The molecule has 3 rings (SSSR count). The molecule has 0 unspecified atom stereocenters. The number of nitrogens with zero attached hydrogens (tertiary/aromatic N) is 1. The van der Waals surface area contributed by atoms with Crippen molar-refractivity contribution in [1.29, 1.82) is 0 Å². The Morgan fingerprint density at radius 3 is 2.43 bits per heavy atom. The van der Waals surface area contributed by atoms with Crippen LogP contribution in [-0.2, 0) is 4.74 Å². The average molecular weight is 296 g/mol. The summed E-state index contributed by atoms with van der Waals surface area (Å²) >= 11 is 0. The number of piperidine rings is 1. The highest BCUT2D eigenvalue weighted by Crippen LogP contribution is 2.44. The van der Waals surface area contributed by atoms with Crippen molar-refractivity contribution >= 4 is 0 Å². The zero-order valence-electron chi connectivity index (χ0n) is 14.1. The van der Waals surface area contributed by atoms with Gasteiger partial charge in [-0.05, 0) is 52.9 Å². The molecule has 2 atom stereocenters. The highest BCUT2D eigenvalue weighted by Gasteiger charge is 2.51. The Balaban J connectivity index is 1.76. The van der Waals surface area contributed by atoms with Crippen molar-refractivity contribution in [2.24, 2.45) is 11.3 Å². The predicted octanol–water partition coefficient (Wildman–Crippen LogP) is 1.63. The quantitative estimate of drug-likeness (QED) is 0.813. The van der Waals surface area contributed by atoms with E-state index in [1.54, 1.807) is 0 Å². The van der Waals surface area contributed by atoms with Crippen LogP contribution < -0.4 is 5.32 Å². The van der Waals surface area contributed by atoms with E-state index in [-0.39, 0.29) is 23.1 Å². The number of hydrogen-bond donors (Lipinski definition) is 2. The molecule has 3 heterocycles. The lowest BCUT2D eigenvalue weighted by molar-refractivity contribution is -0.0572. The van der Waals surface area contributed by atoms with Crippen molar-refractivity contribution in [3.05, 3.63) is 0 Å². The molecule has 3 aliphatic heterocycles. The molecule has 0 aliphatic carbocycles. The third kappa shape index (κ3) is 3.00. The minimum Gasteiger partial charge on any atom is -0.396 e. The molecule has 0 bridgehead atoms. The van der Waals surface area contributed by atoms with Crippen molar-refractivity contribution in [3.63, 3.8) is 0 Å². The Bertz CT molecular complexity index is 380. The van der Waals surface area contributed by atoms with Crippen molar-refractivity contribution in [2.75, 3.05) is 32.9 Å². The third-order valence-electron chi connectivity index (χ3n) is 5.84. The van der Waals surface area contributed by atoms with Crippen LogP contribution >= 0.6 is 0 Å². The number of fused-ring (bicyclic) bond motifs is 1. The van der Waals surface area contributed by atoms with Gasteiger partial charge in [0.25, 0.3) is 0 Å². The van der Waals surface area contributed by atoms with Gasteiger partial charge >= 0.3 is 0 Å². The first kappa shape index (κ1) is 15.7. The van der Waals surface area contributed by atoms with E-state index in [0.717, 1.165) is 32.7 Å². The summed E-state index contributed by atoms with van der Waals surface area (Å²) in [4.78, 5) is 2.65. The summed E-state index contributed by atoms with van der Waals surface area (Å²) in [7, 11) is 0. The Labute approximate surface area is 129 Å². The van der Waals surface area contributed by atoms with E-state index >= 15 is 0 Å². The Morgan fingerprint density at radius 1 is 1.19 bits per heavy atom. The van der Waals surface area contributed by atoms with E-state index in [0.29, 0.717) is 12.0 Å². The first-order valence-corrected chi connectivity index (χ1v) is 8.47. The van der Waals surface area contributed by atoms with Crippen LogP contribution in [0.15, 0.2) is 0 Å². The molecule has 122 valence electrons. The van der Waals surface area contributed by atoms with Crippen molar-refractivity contribution in [3.8, 4) is 0 Å². The summed E-state index contributed by atoms with van der Waals surface area (Å²) in [6.07, 6.45) is 3.48. The number of aliphatic hydroxyl groups excluding tert-OH is 1. The number of aliphatic hydroxyl groups is 1. The van der Waals surface area contributed by atoms with Gasteiger partial charge in [0.05, 0.1) is 13.2 Å². The van der Waals surface area contributed by atoms with E-state index in [9.17, 15) is 5.11 Å². The van der Waals surface area contributed by atoms with Gasteiger partial charge in [-0.2, -0.15) is 0 Å². The number of rotatable bonds is 2. The number of hydrogen-bond acceptors (Lipinski definition) is 4. The van der Waals surface area contributed by atoms with Crippen molar-refractivity contribution in [2.45, 2.75) is 64.1 Å². The van der Waals surface area contributed by atoms with Gasteiger partial charge in [0.1, 0.15) is 0 Å². The monoisotopic (exact) mass is 296 g/mol. The van der Waals surface area contributed by atoms with Crippen LogP contribution in [0.25, 0.3) is 0 Å². The first-order chi connectivity index (χ1) is 9.75. The second kappa shape index (κ2) is 5.19. The molecule has 3 saturated heterocycles. The van der Waals surface area contributed by atoms with Gasteiger partial charge < -0.3 is 15.2 Å². The molecule has 0 amide bonds. The summed E-state index contributed by atoms with van der Waals surface area (Å²) in [5.74, 6) is 0.609. The van der Waals surface area contributed by atoms with E-state index in [4.69, 9.17) is 4.74 Å². The molecular formula is C17H32N2O2. The fourth-order valence-electron chi connectivity index (χ4n) is 5.17. The maximum atomic E-state index is 9.95. The molecule has 0 spiro atoms. The summed E-state index contributed by atoms with van der Waals surface area (Å²) in [6, 6.07) is 0.616. The van der Waals surface area contributed by atoms with Gasteiger partial charge in [-0.3, -0.25) is 4.90 Å². The van der Waals surface area contributed by atoms with Gasteiger partial charge in [0, 0.05) is 42.2 Å². The molecule has 0 aromatic rings. The smallest absolute Gasteiger partial charge is 0.0559 e. The van der Waals surface area contributed by atoms with Crippen molar-refractivity contribution in [1.82, 2.24) is 10.2 Å². The van der Waals surface area contributed by atoms with Crippen LogP contribution in [0.4, 0.5) is 0 Å². The van der Waals surface area contributed by atoms with Gasteiger partial charge in [-0.15, -0.1) is 0 Å². The molecular weight excluding hydrogens is 264 g/mol. The fraction of sp³-hybridized carbons (Fsp3) is 1.00.